The molecule has 0 saturated carbocycles. The van der Waals surface area contributed by atoms with Crippen LogP contribution in [0.1, 0.15) is 31.7 Å². The van der Waals surface area contributed by atoms with Gasteiger partial charge in [0.25, 0.3) is 0 Å². The molecule has 1 spiro atoms. The standard InChI is InChI=1S/C16H17NO3/c1-2-3-4-12-5-7-13(8-6-12)17-14(18)11-16(17)10-9-15(19)20-16/h5-10H,2-4,11H2,1H3. The predicted molar refractivity (Wildman–Crippen MR) is 75.1 cm³/mol. The van der Waals surface area contributed by atoms with Gasteiger partial charge in [0.2, 0.25) is 11.6 Å². The van der Waals surface area contributed by atoms with Gasteiger partial charge in [0.15, 0.2) is 0 Å². The average molecular weight is 271 g/mol. The number of benzene rings is 1. The number of anilines is 1. The van der Waals surface area contributed by atoms with Gasteiger partial charge in [-0.2, -0.15) is 0 Å². The Kier molecular flexibility index (Phi) is 3.08. The van der Waals surface area contributed by atoms with Crippen molar-refractivity contribution in [2.45, 2.75) is 38.3 Å². The van der Waals surface area contributed by atoms with Crippen molar-refractivity contribution in [2.24, 2.45) is 0 Å². The minimum absolute atomic E-state index is 0.0225. The van der Waals surface area contributed by atoms with Gasteiger partial charge in [-0.3, -0.25) is 9.69 Å². The van der Waals surface area contributed by atoms with Crippen LogP contribution in [0.25, 0.3) is 0 Å². The van der Waals surface area contributed by atoms with Gasteiger partial charge < -0.3 is 4.74 Å². The third kappa shape index (κ3) is 2.01. The molecule has 1 unspecified atom stereocenters. The maximum absolute atomic E-state index is 11.9. The molecule has 3 rings (SSSR count). The Morgan fingerprint density at radius 2 is 2.00 bits per heavy atom. The van der Waals surface area contributed by atoms with Crippen molar-refractivity contribution in [2.75, 3.05) is 4.90 Å². The molecule has 2 heterocycles. The highest BCUT2D eigenvalue weighted by Gasteiger charge is 2.55. The van der Waals surface area contributed by atoms with Gasteiger partial charge in [-0.1, -0.05) is 25.5 Å². The van der Waals surface area contributed by atoms with E-state index in [-0.39, 0.29) is 18.3 Å². The zero-order valence-electron chi connectivity index (χ0n) is 11.5. The van der Waals surface area contributed by atoms with E-state index in [2.05, 4.69) is 6.92 Å². The highest BCUT2D eigenvalue weighted by Crippen LogP contribution is 2.41. The van der Waals surface area contributed by atoms with E-state index in [0.717, 1.165) is 24.9 Å². The van der Waals surface area contributed by atoms with Crippen LogP contribution >= 0.6 is 0 Å². The molecule has 4 nitrogen and oxygen atoms in total. The Morgan fingerprint density at radius 1 is 1.25 bits per heavy atom. The van der Waals surface area contributed by atoms with Crippen LogP contribution in [-0.4, -0.2) is 17.6 Å². The molecule has 1 atom stereocenters. The van der Waals surface area contributed by atoms with Crippen LogP contribution < -0.4 is 4.90 Å². The number of ether oxygens (including phenoxy) is 1. The fourth-order valence-corrected chi connectivity index (χ4v) is 2.71. The highest BCUT2D eigenvalue weighted by atomic mass is 16.6. The van der Waals surface area contributed by atoms with E-state index in [9.17, 15) is 9.59 Å². The number of unbranched alkanes of at least 4 members (excludes halogenated alkanes) is 1. The van der Waals surface area contributed by atoms with Crippen LogP contribution in [0.2, 0.25) is 0 Å². The SMILES string of the molecule is CCCCc1ccc(N2C(=O)CC23C=CC(=O)O3)cc1. The Morgan fingerprint density at radius 3 is 2.55 bits per heavy atom. The molecule has 2 aliphatic rings. The van der Waals surface area contributed by atoms with E-state index >= 15 is 0 Å². The van der Waals surface area contributed by atoms with Gasteiger partial charge in [0.05, 0.1) is 6.42 Å². The average Bonchev–Trinajstić information content (AvgIpc) is 2.81. The van der Waals surface area contributed by atoms with E-state index in [1.54, 1.807) is 11.0 Å². The van der Waals surface area contributed by atoms with E-state index in [0.29, 0.717) is 0 Å². The lowest BCUT2D eigenvalue weighted by atomic mass is 9.95. The number of hydrogen-bond acceptors (Lipinski definition) is 3. The van der Waals surface area contributed by atoms with E-state index in [1.807, 2.05) is 24.3 Å². The molecule has 1 aromatic carbocycles. The second kappa shape index (κ2) is 4.78. The second-order valence-electron chi connectivity index (χ2n) is 5.28. The molecule has 0 N–H and O–H groups in total. The molecule has 0 aromatic heterocycles. The fourth-order valence-electron chi connectivity index (χ4n) is 2.71. The first-order valence-corrected chi connectivity index (χ1v) is 6.99. The van der Waals surface area contributed by atoms with Gasteiger partial charge in [0, 0.05) is 11.8 Å². The topological polar surface area (TPSA) is 46.6 Å². The van der Waals surface area contributed by atoms with Crippen molar-refractivity contribution >= 4 is 17.6 Å². The highest BCUT2D eigenvalue weighted by molar-refractivity contribution is 6.05. The Labute approximate surface area is 118 Å². The number of carbonyl (C=O) groups excluding carboxylic acids is 2. The lowest BCUT2D eigenvalue weighted by molar-refractivity contribution is -0.156. The largest absolute Gasteiger partial charge is 0.431 e. The summed E-state index contributed by atoms with van der Waals surface area (Å²) in [6.07, 6.45) is 6.65. The third-order valence-electron chi connectivity index (χ3n) is 3.80. The van der Waals surface area contributed by atoms with Crippen LogP contribution in [0.15, 0.2) is 36.4 Å². The summed E-state index contributed by atoms with van der Waals surface area (Å²) in [6.45, 7) is 2.16. The molecule has 4 heteroatoms. The Bertz CT molecular complexity index is 576. The molecule has 0 bridgehead atoms. The molecular formula is C16H17NO3. The van der Waals surface area contributed by atoms with Crippen LogP contribution in [0, 0.1) is 0 Å². The summed E-state index contributed by atoms with van der Waals surface area (Å²) in [4.78, 5) is 24.7. The minimum atomic E-state index is -0.876. The number of nitrogens with zero attached hydrogens (tertiary/aromatic N) is 1. The number of amides is 1. The van der Waals surface area contributed by atoms with Crippen LogP contribution in [0.4, 0.5) is 5.69 Å². The molecule has 1 aromatic rings. The predicted octanol–water partition coefficient (Wildman–Crippen LogP) is 2.58. The summed E-state index contributed by atoms with van der Waals surface area (Å²) in [7, 11) is 0. The van der Waals surface area contributed by atoms with Crippen molar-refractivity contribution in [3.05, 3.63) is 42.0 Å². The van der Waals surface area contributed by atoms with E-state index in [4.69, 9.17) is 4.74 Å². The molecule has 0 aliphatic carbocycles. The van der Waals surface area contributed by atoms with Gasteiger partial charge in [-0.25, -0.2) is 4.79 Å². The molecule has 2 aliphatic heterocycles. The van der Waals surface area contributed by atoms with Crippen molar-refractivity contribution in [3.8, 4) is 0 Å². The van der Waals surface area contributed by atoms with Crippen molar-refractivity contribution in [1.29, 1.82) is 0 Å². The molecular weight excluding hydrogens is 254 g/mol. The summed E-state index contributed by atoms with van der Waals surface area (Å²) in [5.74, 6) is -0.410. The van der Waals surface area contributed by atoms with Crippen molar-refractivity contribution in [3.63, 3.8) is 0 Å². The summed E-state index contributed by atoms with van der Waals surface area (Å²) in [6, 6.07) is 7.91. The molecule has 1 fully saturated rings. The number of hydrogen-bond donors (Lipinski definition) is 0. The molecule has 1 saturated heterocycles. The molecule has 20 heavy (non-hydrogen) atoms. The maximum Gasteiger partial charge on any atom is 0.333 e. The summed E-state index contributed by atoms with van der Waals surface area (Å²) >= 11 is 0. The van der Waals surface area contributed by atoms with Crippen molar-refractivity contribution < 1.29 is 14.3 Å². The Balaban J connectivity index is 1.80. The number of carbonyl (C=O) groups is 2. The number of aryl methyl sites for hydroxylation is 1. The van der Waals surface area contributed by atoms with E-state index in [1.165, 1.54) is 11.6 Å². The van der Waals surface area contributed by atoms with Crippen LogP contribution in [-0.2, 0) is 20.7 Å². The number of β-lactam (4-membered cyclic amide) rings is 1. The Hall–Kier alpha value is -2.10. The number of rotatable bonds is 4. The first-order chi connectivity index (χ1) is 9.64. The van der Waals surface area contributed by atoms with Crippen LogP contribution in [0.5, 0.6) is 0 Å². The maximum atomic E-state index is 11.9. The zero-order valence-corrected chi connectivity index (χ0v) is 11.5. The molecule has 1 amide bonds. The zero-order chi connectivity index (χ0) is 14.2. The lowest BCUT2D eigenvalue weighted by Crippen LogP contribution is -2.63. The lowest BCUT2D eigenvalue weighted by Gasteiger charge is -2.46. The quantitative estimate of drug-likeness (QED) is 0.624. The second-order valence-corrected chi connectivity index (χ2v) is 5.28. The third-order valence-corrected chi connectivity index (χ3v) is 3.80. The fraction of sp³-hybridized carbons (Fsp3) is 0.375. The minimum Gasteiger partial charge on any atom is -0.431 e. The summed E-state index contributed by atoms with van der Waals surface area (Å²) < 4.78 is 5.27. The smallest absolute Gasteiger partial charge is 0.333 e. The monoisotopic (exact) mass is 271 g/mol. The van der Waals surface area contributed by atoms with Crippen molar-refractivity contribution in [1.82, 2.24) is 0 Å². The first-order valence-electron chi connectivity index (χ1n) is 6.99. The summed E-state index contributed by atoms with van der Waals surface area (Å²) in [5, 5.41) is 0. The van der Waals surface area contributed by atoms with Gasteiger partial charge in [-0.15, -0.1) is 0 Å². The summed E-state index contributed by atoms with van der Waals surface area (Å²) in [5.41, 5.74) is 1.16. The molecule has 0 radical (unpaired) electrons. The number of esters is 1. The molecule has 104 valence electrons. The first kappa shape index (κ1) is 12.9. The van der Waals surface area contributed by atoms with Crippen LogP contribution in [0.3, 0.4) is 0 Å². The normalized spacial score (nSPS) is 24.1. The van der Waals surface area contributed by atoms with Gasteiger partial charge >= 0.3 is 5.97 Å². The van der Waals surface area contributed by atoms with Gasteiger partial charge in [-0.05, 0) is 36.6 Å². The van der Waals surface area contributed by atoms with Gasteiger partial charge in [0.1, 0.15) is 0 Å². The van der Waals surface area contributed by atoms with E-state index < -0.39 is 5.72 Å².